The van der Waals surface area contributed by atoms with Crippen molar-refractivity contribution >= 4 is 21.7 Å². The van der Waals surface area contributed by atoms with Gasteiger partial charge >= 0.3 is 0 Å². The van der Waals surface area contributed by atoms with E-state index in [2.05, 4.69) is 27.5 Å². The van der Waals surface area contributed by atoms with Gasteiger partial charge in [0, 0.05) is 10.2 Å². The summed E-state index contributed by atoms with van der Waals surface area (Å²) in [5, 5.41) is 0. The average Bonchev–Trinajstić information content (AvgIpc) is 2.08. The Hall–Kier alpha value is -0.830. The molecule has 1 heterocycles. The Morgan fingerprint density at radius 1 is 1.58 bits per heavy atom. The van der Waals surface area contributed by atoms with Crippen molar-refractivity contribution in [2.24, 2.45) is 0 Å². The normalized spacial score (nSPS) is 9.58. The van der Waals surface area contributed by atoms with Crippen LogP contribution in [0.5, 0.6) is 0 Å². The van der Waals surface area contributed by atoms with Gasteiger partial charge in [0.15, 0.2) is 0 Å². The zero-order chi connectivity index (χ0) is 9.14. The van der Waals surface area contributed by atoms with Crippen LogP contribution >= 0.6 is 15.9 Å². The number of hydrogen-bond donors (Lipinski definition) is 0. The van der Waals surface area contributed by atoms with Crippen LogP contribution in [0, 0.1) is 6.92 Å². The number of nitrogens with zero attached hydrogens (tertiary/aromatic N) is 1. The Balaban J connectivity index is 3.13. The second-order valence-electron chi connectivity index (χ2n) is 2.41. The third-order valence-electron chi connectivity index (χ3n) is 1.50. The van der Waals surface area contributed by atoms with E-state index in [4.69, 9.17) is 4.74 Å². The van der Waals surface area contributed by atoms with Crippen molar-refractivity contribution in [3.63, 3.8) is 0 Å². The van der Waals surface area contributed by atoms with E-state index in [0.717, 1.165) is 15.9 Å². The van der Waals surface area contributed by atoms with E-state index < -0.39 is 0 Å². The molecule has 0 aliphatic carbocycles. The largest absolute Gasteiger partial charge is 0.495 e. The highest BCUT2D eigenvalue weighted by Gasteiger charge is 2.05. The molecule has 0 amide bonds. The first-order chi connectivity index (χ1) is 5.65. The van der Waals surface area contributed by atoms with Crippen molar-refractivity contribution in [3.05, 3.63) is 34.6 Å². The molecule has 0 aliphatic rings. The fourth-order valence-corrected chi connectivity index (χ4v) is 1.27. The molecule has 0 saturated heterocycles. The fraction of sp³-hybridized carbons (Fsp3) is 0.222. The van der Waals surface area contributed by atoms with Crippen LogP contribution in [0.4, 0.5) is 0 Å². The van der Waals surface area contributed by atoms with Crippen LogP contribution in [0.1, 0.15) is 11.4 Å². The molecule has 64 valence electrons. The molecular weight excluding hydrogens is 218 g/mol. The monoisotopic (exact) mass is 227 g/mol. The zero-order valence-corrected chi connectivity index (χ0v) is 8.68. The van der Waals surface area contributed by atoms with Gasteiger partial charge in [-0.05, 0) is 35.0 Å². The van der Waals surface area contributed by atoms with Crippen molar-refractivity contribution in [2.45, 2.75) is 6.92 Å². The quantitative estimate of drug-likeness (QED) is 0.726. The van der Waals surface area contributed by atoms with E-state index in [1.807, 2.05) is 19.1 Å². The molecule has 0 N–H and O–H groups in total. The van der Waals surface area contributed by atoms with Gasteiger partial charge in [-0.2, -0.15) is 0 Å². The van der Waals surface area contributed by atoms with Gasteiger partial charge in [0.05, 0.1) is 7.11 Å². The highest BCUT2D eigenvalue weighted by molar-refractivity contribution is 9.10. The summed E-state index contributed by atoms with van der Waals surface area (Å²) >= 11 is 3.37. The molecule has 0 aromatic carbocycles. The molecule has 0 radical (unpaired) electrons. The van der Waals surface area contributed by atoms with Crippen molar-refractivity contribution in [2.75, 3.05) is 7.11 Å². The first kappa shape index (κ1) is 9.26. The molecule has 2 nitrogen and oxygen atoms in total. The van der Waals surface area contributed by atoms with Gasteiger partial charge in [-0.3, -0.25) is 0 Å². The van der Waals surface area contributed by atoms with E-state index in [9.17, 15) is 0 Å². The molecule has 1 rings (SSSR count). The molecule has 0 atom stereocenters. The maximum atomic E-state index is 4.99. The predicted molar refractivity (Wildman–Crippen MR) is 52.7 cm³/mol. The van der Waals surface area contributed by atoms with E-state index >= 15 is 0 Å². The summed E-state index contributed by atoms with van der Waals surface area (Å²) in [5.41, 5.74) is 1.71. The maximum Gasteiger partial charge on any atom is 0.138 e. The second-order valence-corrected chi connectivity index (χ2v) is 3.26. The smallest absolute Gasteiger partial charge is 0.138 e. The Morgan fingerprint density at radius 2 is 2.25 bits per heavy atom. The Labute approximate surface area is 80.4 Å². The number of pyridine rings is 1. The number of halogens is 1. The number of aryl methyl sites for hydroxylation is 1. The van der Waals surface area contributed by atoms with E-state index in [-0.39, 0.29) is 0 Å². The van der Waals surface area contributed by atoms with Crippen LogP contribution in [-0.4, -0.2) is 12.1 Å². The van der Waals surface area contributed by atoms with Gasteiger partial charge in [0.1, 0.15) is 11.5 Å². The van der Waals surface area contributed by atoms with Gasteiger partial charge < -0.3 is 4.74 Å². The van der Waals surface area contributed by atoms with Gasteiger partial charge in [0.25, 0.3) is 0 Å². The van der Waals surface area contributed by atoms with Gasteiger partial charge in [-0.1, -0.05) is 6.58 Å². The van der Waals surface area contributed by atoms with Crippen molar-refractivity contribution in [1.82, 2.24) is 4.98 Å². The van der Waals surface area contributed by atoms with Crippen LogP contribution in [-0.2, 0) is 4.74 Å². The Kier molecular flexibility index (Phi) is 2.87. The third kappa shape index (κ3) is 1.85. The SMILES string of the molecule is C=C(OC)c1nc(C)ccc1Br. The van der Waals surface area contributed by atoms with E-state index in [1.54, 1.807) is 7.11 Å². The highest BCUT2D eigenvalue weighted by atomic mass is 79.9. The topological polar surface area (TPSA) is 22.1 Å². The minimum Gasteiger partial charge on any atom is -0.495 e. The Bertz CT molecular complexity index is 309. The number of methoxy groups -OCH3 is 1. The molecule has 0 aliphatic heterocycles. The lowest BCUT2D eigenvalue weighted by atomic mass is 10.3. The van der Waals surface area contributed by atoms with Gasteiger partial charge in [-0.15, -0.1) is 0 Å². The van der Waals surface area contributed by atoms with Crippen molar-refractivity contribution < 1.29 is 4.74 Å². The molecule has 1 aromatic heterocycles. The first-order valence-corrected chi connectivity index (χ1v) is 4.31. The highest BCUT2D eigenvalue weighted by Crippen LogP contribution is 2.21. The molecule has 3 heteroatoms. The second kappa shape index (κ2) is 3.72. The lowest BCUT2D eigenvalue weighted by Gasteiger charge is -2.05. The predicted octanol–water partition coefficient (Wildman–Crippen LogP) is 2.77. The Morgan fingerprint density at radius 3 is 2.83 bits per heavy atom. The van der Waals surface area contributed by atoms with Crippen LogP contribution in [0.2, 0.25) is 0 Å². The van der Waals surface area contributed by atoms with Gasteiger partial charge in [0.2, 0.25) is 0 Å². The lowest BCUT2D eigenvalue weighted by Crippen LogP contribution is -1.93. The molecule has 0 bridgehead atoms. The summed E-state index contributed by atoms with van der Waals surface area (Å²) in [6.07, 6.45) is 0. The summed E-state index contributed by atoms with van der Waals surface area (Å²) < 4.78 is 5.89. The van der Waals surface area contributed by atoms with Crippen LogP contribution in [0.15, 0.2) is 23.2 Å². The summed E-state index contributed by atoms with van der Waals surface area (Å²) in [7, 11) is 1.58. The van der Waals surface area contributed by atoms with Crippen molar-refractivity contribution in [1.29, 1.82) is 0 Å². The molecule has 12 heavy (non-hydrogen) atoms. The summed E-state index contributed by atoms with van der Waals surface area (Å²) in [6.45, 7) is 5.66. The summed E-state index contributed by atoms with van der Waals surface area (Å²) in [5.74, 6) is 0.575. The summed E-state index contributed by atoms with van der Waals surface area (Å²) in [4.78, 5) is 4.27. The standard InChI is InChI=1S/C9H10BrNO/c1-6-4-5-8(10)9(11-6)7(2)12-3/h4-5H,2H2,1,3H3. The summed E-state index contributed by atoms with van der Waals surface area (Å²) in [6, 6.07) is 3.86. The lowest BCUT2D eigenvalue weighted by molar-refractivity contribution is 0.369. The number of hydrogen-bond acceptors (Lipinski definition) is 2. The number of aromatic nitrogens is 1. The van der Waals surface area contributed by atoms with Crippen LogP contribution in [0.3, 0.4) is 0 Å². The fourth-order valence-electron chi connectivity index (χ4n) is 0.832. The maximum absolute atomic E-state index is 4.99. The molecule has 0 fully saturated rings. The van der Waals surface area contributed by atoms with E-state index in [0.29, 0.717) is 5.76 Å². The van der Waals surface area contributed by atoms with Crippen LogP contribution < -0.4 is 0 Å². The van der Waals surface area contributed by atoms with E-state index in [1.165, 1.54) is 0 Å². The molecular formula is C9H10BrNO. The number of rotatable bonds is 2. The molecule has 0 spiro atoms. The van der Waals surface area contributed by atoms with Gasteiger partial charge in [-0.25, -0.2) is 4.98 Å². The minimum atomic E-state index is 0.575. The average molecular weight is 228 g/mol. The molecule has 0 unspecified atom stereocenters. The molecule has 1 aromatic rings. The minimum absolute atomic E-state index is 0.575. The van der Waals surface area contributed by atoms with Crippen molar-refractivity contribution in [3.8, 4) is 0 Å². The molecule has 0 saturated carbocycles. The first-order valence-electron chi connectivity index (χ1n) is 3.51. The van der Waals surface area contributed by atoms with Crippen LogP contribution in [0.25, 0.3) is 5.76 Å². The number of ether oxygens (including phenoxy) is 1. The third-order valence-corrected chi connectivity index (χ3v) is 2.14. The zero-order valence-electron chi connectivity index (χ0n) is 7.10.